The third kappa shape index (κ3) is 3.58. The highest BCUT2D eigenvalue weighted by molar-refractivity contribution is 5.94. The van der Waals surface area contributed by atoms with E-state index in [4.69, 9.17) is 4.74 Å². The van der Waals surface area contributed by atoms with Gasteiger partial charge >= 0.3 is 5.97 Å². The standard InChI is InChI=1S/C18H18O2/c1-14-8-6-7-11-16(14)13-17(18(19)20-2)12-15-9-4-3-5-10-15/h3-11,13H,12H2,1-2H3/b17-13+. The molecule has 0 heterocycles. The van der Waals surface area contributed by atoms with Gasteiger partial charge in [-0.15, -0.1) is 0 Å². The number of carbonyl (C=O) groups excluding carboxylic acids is 1. The van der Waals surface area contributed by atoms with Crippen molar-refractivity contribution in [3.63, 3.8) is 0 Å². The minimum absolute atomic E-state index is 0.280. The van der Waals surface area contributed by atoms with E-state index in [2.05, 4.69) is 0 Å². The number of hydrogen-bond acceptors (Lipinski definition) is 2. The van der Waals surface area contributed by atoms with Crippen molar-refractivity contribution in [1.82, 2.24) is 0 Å². The van der Waals surface area contributed by atoms with Crippen molar-refractivity contribution in [1.29, 1.82) is 0 Å². The Kier molecular flexibility index (Phi) is 4.72. The van der Waals surface area contributed by atoms with Gasteiger partial charge < -0.3 is 4.74 Å². The van der Waals surface area contributed by atoms with Gasteiger partial charge in [-0.3, -0.25) is 0 Å². The molecule has 2 heteroatoms. The van der Waals surface area contributed by atoms with Crippen LogP contribution in [0.15, 0.2) is 60.2 Å². The molecule has 0 aromatic heterocycles. The van der Waals surface area contributed by atoms with Gasteiger partial charge in [0.05, 0.1) is 7.11 Å². The highest BCUT2D eigenvalue weighted by atomic mass is 16.5. The first-order valence-corrected chi connectivity index (χ1v) is 6.59. The molecule has 2 aromatic carbocycles. The summed E-state index contributed by atoms with van der Waals surface area (Å²) >= 11 is 0. The number of benzene rings is 2. The molecule has 2 rings (SSSR count). The van der Waals surface area contributed by atoms with E-state index in [1.807, 2.05) is 67.6 Å². The Bertz CT molecular complexity index is 612. The quantitative estimate of drug-likeness (QED) is 0.621. The average Bonchev–Trinajstić information content (AvgIpc) is 2.49. The molecule has 0 N–H and O–H groups in total. The second-order valence-electron chi connectivity index (χ2n) is 4.68. The Morgan fingerprint density at radius 3 is 2.35 bits per heavy atom. The summed E-state index contributed by atoms with van der Waals surface area (Å²) in [6.07, 6.45) is 2.48. The molecule has 0 bridgehead atoms. The molecule has 0 saturated heterocycles. The number of carbonyl (C=O) groups is 1. The van der Waals surface area contributed by atoms with Crippen LogP contribution < -0.4 is 0 Å². The molecule has 0 aliphatic carbocycles. The highest BCUT2D eigenvalue weighted by Gasteiger charge is 2.11. The van der Waals surface area contributed by atoms with Gasteiger partial charge in [0.2, 0.25) is 0 Å². The van der Waals surface area contributed by atoms with Gasteiger partial charge in [0, 0.05) is 12.0 Å². The number of aryl methyl sites for hydroxylation is 1. The third-order valence-electron chi connectivity index (χ3n) is 3.20. The molecule has 0 aliphatic rings. The predicted molar refractivity (Wildman–Crippen MR) is 81.3 cm³/mol. The summed E-state index contributed by atoms with van der Waals surface area (Å²) in [6.45, 7) is 2.03. The van der Waals surface area contributed by atoms with E-state index in [1.54, 1.807) is 0 Å². The summed E-state index contributed by atoms with van der Waals surface area (Å²) in [5.41, 5.74) is 3.94. The predicted octanol–water partition coefficient (Wildman–Crippen LogP) is 3.79. The van der Waals surface area contributed by atoms with E-state index in [-0.39, 0.29) is 5.97 Å². The summed E-state index contributed by atoms with van der Waals surface area (Å²) in [5.74, 6) is -0.280. The van der Waals surface area contributed by atoms with Crippen molar-refractivity contribution in [2.75, 3.05) is 7.11 Å². The lowest BCUT2D eigenvalue weighted by Crippen LogP contribution is -2.07. The van der Waals surface area contributed by atoms with E-state index < -0.39 is 0 Å². The fraction of sp³-hybridized carbons (Fsp3) is 0.167. The first kappa shape index (κ1) is 14.1. The number of rotatable bonds is 4. The maximum atomic E-state index is 11.9. The van der Waals surface area contributed by atoms with Gasteiger partial charge in [0.25, 0.3) is 0 Å². The molecule has 0 unspecified atom stereocenters. The van der Waals surface area contributed by atoms with Crippen molar-refractivity contribution >= 4 is 12.0 Å². The molecule has 0 amide bonds. The van der Waals surface area contributed by atoms with Crippen LogP contribution in [0.25, 0.3) is 6.08 Å². The first-order valence-electron chi connectivity index (χ1n) is 6.59. The smallest absolute Gasteiger partial charge is 0.334 e. The van der Waals surface area contributed by atoms with E-state index in [1.165, 1.54) is 7.11 Å². The van der Waals surface area contributed by atoms with Crippen molar-refractivity contribution in [2.24, 2.45) is 0 Å². The van der Waals surface area contributed by atoms with Crippen molar-refractivity contribution in [3.05, 3.63) is 76.9 Å². The Hall–Kier alpha value is -2.35. The van der Waals surface area contributed by atoms with Gasteiger partial charge in [-0.25, -0.2) is 4.79 Å². The molecular formula is C18H18O2. The summed E-state index contributed by atoms with van der Waals surface area (Å²) in [7, 11) is 1.42. The minimum Gasteiger partial charge on any atom is -0.466 e. The monoisotopic (exact) mass is 266 g/mol. The van der Waals surface area contributed by atoms with Crippen LogP contribution in [0.1, 0.15) is 16.7 Å². The molecule has 0 spiro atoms. The van der Waals surface area contributed by atoms with Crippen molar-refractivity contribution in [2.45, 2.75) is 13.3 Å². The Labute approximate surface area is 119 Å². The molecule has 0 fully saturated rings. The van der Waals surface area contributed by atoms with Crippen LogP contribution in [0.4, 0.5) is 0 Å². The van der Waals surface area contributed by atoms with Crippen molar-refractivity contribution < 1.29 is 9.53 Å². The zero-order chi connectivity index (χ0) is 14.4. The van der Waals surface area contributed by atoms with Gasteiger partial charge in [-0.05, 0) is 29.7 Å². The normalized spacial score (nSPS) is 11.2. The fourth-order valence-corrected chi connectivity index (χ4v) is 2.07. The number of methoxy groups -OCH3 is 1. The molecule has 20 heavy (non-hydrogen) atoms. The summed E-state index contributed by atoms with van der Waals surface area (Å²) in [4.78, 5) is 11.9. The number of esters is 1. The van der Waals surface area contributed by atoms with E-state index in [9.17, 15) is 4.79 Å². The van der Waals surface area contributed by atoms with Crippen LogP contribution >= 0.6 is 0 Å². The van der Waals surface area contributed by atoms with Gasteiger partial charge in [0.15, 0.2) is 0 Å². The lowest BCUT2D eigenvalue weighted by molar-refractivity contribution is -0.136. The summed E-state index contributed by atoms with van der Waals surface area (Å²) in [6, 6.07) is 17.9. The SMILES string of the molecule is COC(=O)/C(=C/c1ccccc1C)Cc1ccccc1. The second kappa shape index (κ2) is 6.71. The number of ether oxygens (including phenoxy) is 1. The Morgan fingerprint density at radius 1 is 1.05 bits per heavy atom. The van der Waals surface area contributed by atoms with Gasteiger partial charge in [0.1, 0.15) is 0 Å². The van der Waals surface area contributed by atoms with E-state index in [0.717, 1.165) is 16.7 Å². The van der Waals surface area contributed by atoms with Crippen LogP contribution in [0.3, 0.4) is 0 Å². The summed E-state index contributed by atoms with van der Waals surface area (Å²) < 4.78 is 4.89. The lowest BCUT2D eigenvalue weighted by Gasteiger charge is -2.07. The maximum Gasteiger partial charge on any atom is 0.334 e. The van der Waals surface area contributed by atoms with Crippen LogP contribution in [-0.2, 0) is 16.0 Å². The largest absolute Gasteiger partial charge is 0.466 e. The van der Waals surface area contributed by atoms with E-state index in [0.29, 0.717) is 12.0 Å². The van der Waals surface area contributed by atoms with Gasteiger partial charge in [-0.2, -0.15) is 0 Å². The molecule has 0 radical (unpaired) electrons. The molecular weight excluding hydrogens is 248 g/mol. The maximum absolute atomic E-state index is 11.9. The topological polar surface area (TPSA) is 26.3 Å². The van der Waals surface area contributed by atoms with Crippen LogP contribution in [0.5, 0.6) is 0 Å². The van der Waals surface area contributed by atoms with Crippen LogP contribution in [-0.4, -0.2) is 13.1 Å². The molecule has 0 aliphatic heterocycles. The minimum atomic E-state index is -0.280. The third-order valence-corrected chi connectivity index (χ3v) is 3.20. The molecule has 0 saturated carbocycles. The Balaban J connectivity index is 2.33. The fourth-order valence-electron chi connectivity index (χ4n) is 2.07. The molecule has 2 nitrogen and oxygen atoms in total. The highest BCUT2D eigenvalue weighted by Crippen LogP contribution is 2.16. The van der Waals surface area contributed by atoms with Crippen LogP contribution in [0, 0.1) is 6.92 Å². The average molecular weight is 266 g/mol. The Morgan fingerprint density at radius 2 is 1.70 bits per heavy atom. The van der Waals surface area contributed by atoms with Crippen LogP contribution in [0.2, 0.25) is 0 Å². The molecule has 102 valence electrons. The molecule has 2 aromatic rings. The molecule has 0 atom stereocenters. The van der Waals surface area contributed by atoms with E-state index >= 15 is 0 Å². The summed E-state index contributed by atoms with van der Waals surface area (Å²) in [5, 5.41) is 0. The zero-order valence-corrected chi connectivity index (χ0v) is 11.8. The zero-order valence-electron chi connectivity index (χ0n) is 11.8. The first-order chi connectivity index (χ1) is 9.70. The lowest BCUT2D eigenvalue weighted by atomic mass is 10.0. The van der Waals surface area contributed by atoms with Crippen molar-refractivity contribution in [3.8, 4) is 0 Å². The van der Waals surface area contributed by atoms with Gasteiger partial charge in [-0.1, -0.05) is 54.6 Å². The second-order valence-corrected chi connectivity index (χ2v) is 4.68. The number of hydrogen-bond donors (Lipinski definition) is 0.